The predicted molar refractivity (Wildman–Crippen MR) is 49.8 cm³/mol. The molecular weight excluding hydrogens is 190 g/mol. The monoisotopic (exact) mass is 201 g/mol. The van der Waals surface area contributed by atoms with E-state index in [1.807, 2.05) is 11.9 Å². The summed E-state index contributed by atoms with van der Waals surface area (Å²) in [5.41, 5.74) is 0. The fourth-order valence-electron chi connectivity index (χ4n) is 1.22. The zero-order valence-electron chi connectivity index (χ0n) is 7.53. The summed E-state index contributed by atoms with van der Waals surface area (Å²) in [6.07, 6.45) is 2.64. The highest BCUT2D eigenvalue weighted by molar-refractivity contribution is 6.16. The van der Waals surface area contributed by atoms with E-state index in [1.165, 1.54) is 12.8 Å². The van der Waals surface area contributed by atoms with Gasteiger partial charge < -0.3 is 9.32 Å². The number of hydrogen-bond donors (Lipinski definition) is 0. The molecule has 0 aromatic carbocycles. The van der Waals surface area contributed by atoms with Crippen LogP contribution in [0.3, 0.4) is 0 Å². The number of halogens is 1. The lowest BCUT2D eigenvalue weighted by Gasteiger charge is -2.11. The summed E-state index contributed by atoms with van der Waals surface area (Å²) >= 11 is 5.55. The number of anilines is 1. The topological polar surface area (TPSA) is 42.2 Å². The van der Waals surface area contributed by atoms with Gasteiger partial charge in [-0.1, -0.05) is 5.10 Å². The second-order valence-corrected chi connectivity index (χ2v) is 3.70. The van der Waals surface area contributed by atoms with Crippen LogP contribution in [-0.4, -0.2) is 23.8 Å². The summed E-state index contributed by atoms with van der Waals surface area (Å²) in [7, 11) is 1.96. The molecule has 1 aliphatic carbocycles. The van der Waals surface area contributed by atoms with E-state index in [9.17, 15) is 0 Å². The van der Waals surface area contributed by atoms with E-state index in [0.717, 1.165) is 12.5 Å². The third kappa shape index (κ3) is 2.12. The highest BCUT2D eigenvalue weighted by Gasteiger charge is 2.24. The molecule has 1 fully saturated rings. The van der Waals surface area contributed by atoms with Gasteiger partial charge in [-0.3, -0.25) is 0 Å². The molecule has 13 heavy (non-hydrogen) atoms. The SMILES string of the molecule is CN(CC1CC1)c1nnc(CCl)o1. The van der Waals surface area contributed by atoms with E-state index in [2.05, 4.69) is 10.2 Å². The predicted octanol–water partition coefficient (Wildman–Crippen LogP) is 1.65. The van der Waals surface area contributed by atoms with Crippen molar-refractivity contribution >= 4 is 17.6 Å². The van der Waals surface area contributed by atoms with Crippen LogP contribution < -0.4 is 4.90 Å². The molecule has 0 amide bonds. The molecular formula is C8H12ClN3O. The Bertz CT molecular complexity index is 285. The molecule has 1 saturated carbocycles. The third-order valence-corrected chi connectivity index (χ3v) is 2.35. The molecule has 0 unspecified atom stereocenters. The van der Waals surface area contributed by atoms with E-state index in [0.29, 0.717) is 11.9 Å². The summed E-state index contributed by atoms with van der Waals surface area (Å²) in [6.45, 7) is 1.00. The highest BCUT2D eigenvalue weighted by Crippen LogP contribution is 2.30. The summed E-state index contributed by atoms with van der Waals surface area (Å²) < 4.78 is 5.30. The van der Waals surface area contributed by atoms with Crippen molar-refractivity contribution in [3.63, 3.8) is 0 Å². The molecule has 0 atom stereocenters. The van der Waals surface area contributed by atoms with Gasteiger partial charge in [0.05, 0.1) is 0 Å². The quantitative estimate of drug-likeness (QED) is 0.695. The van der Waals surface area contributed by atoms with Gasteiger partial charge in [-0.05, 0) is 18.8 Å². The molecule has 0 aliphatic heterocycles. The lowest BCUT2D eigenvalue weighted by Crippen LogP contribution is -2.20. The molecule has 0 saturated heterocycles. The molecule has 1 aliphatic rings. The van der Waals surface area contributed by atoms with Crippen LogP contribution in [0.5, 0.6) is 0 Å². The molecule has 1 aromatic rings. The first-order chi connectivity index (χ1) is 6.29. The second-order valence-electron chi connectivity index (χ2n) is 3.44. The fourth-order valence-corrected chi connectivity index (χ4v) is 1.33. The second kappa shape index (κ2) is 3.54. The van der Waals surface area contributed by atoms with Crippen molar-refractivity contribution in [2.75, 3.05) is 18.5 Å². The number of nitrogens with zero attached hydrogens (tertiary/aromatic N) is 3. The molecule has 72 valence electrons. The number of hydrogen-bond acceptors (Lipinski definition) is 4. The fraction of sp³-hybridized carbons (Fsp3) is 0.750. The first kappa shape index (κ1) is 8.81. The Balaban J connectivity index is 1.96. The Labute approximate surface area is 81.9 Å². The molecule has 5 heteroatoms. The summed E-state index contributed by atoms with van der Waals surface area (Å²) in [5.74, 6) is 1.58. The molecule has 0 N–H and O–H groups in total. The Morgan fingerprint density at radius 3 is 2.85 bits per heavy atom. The maximum absolute atomic E-state index is 5.55. The number of aromatic nitrogens is 2. The van der Waals surface area contributed by atoms with E-state index in [4.69, 9.17) is 16.0 Å². The van der Waals surface area contributed by atoms with Gasteiger partial charge in [0.2, 0.25) is 5.89 Å². The van der Waals surface area contributed by atoms with Crippen LogP contribution in [-0.2, 0) is 5.88 Å². The van der Waals surface area contributed by atoms with Crippen molar-refractivity contribution in [2.24, 2.45) is 5.92 Å². The average Bonchev–Trinajstić information content (AvgIpc) is 2.82. The minimum Gasteiger partial charge on any atom is -0.407 e. The van der Waals surface area contributed by atoms with Crippen LogP contribution in [0, 0.1) is 5.92 Å². The largest absolute Gasteiger partial charge is 0.407 e. The van der Waals surface area contributed by atoms with Crippen molar-refractivity contribution in [1.29, 1.82) is 0 Å². The Morgan fingerprint density at radius 1 is 1.54 bits per heavy atom. The first-order valence-electron chi connectivity index (χ1n) is 4.39. The maximum atomic E-state index is 5.55. The van der Waals surface area contributed by atoms with Gasteiger partial charge in [-0.2, -0.15) is 0 Å². The average molecular weight is 202 g/mol. The standard InChI is InChI=1S/C8H12ClN3O/c1-12(5-6-2-3-6)8-11-10-7(4-9)13-8/h6H,2-5H2,1H3. The molecule has 0 bridgehead atoms. The molecule has 1 heterocycles. The van der Waals surface area contributed by atoms with Crippen LogP contribution >= 0.6 is 11.6 Å². The molecule has 0 spiro atoms. The normalized spacial score (nSPS) is 16.2. The van der Waals surface area contributed by atoms with Crippen molar-refractivity contribution in [3.05, 3.63) is 5.89 Å². The van der Waals surface area contributed by atoms with Gasteiger partial charge in [-0.25, -0.2) is 0 Å². The first-order valence-corrected chi connectivity index (χ1v) is 4.92. The zero-order chi connectivity index (χ0) is 9.26. The van der Waals surface area contributed by atoms with Crippen molar-refractivity contribution in [2.45, 2.75) is 18.7 Å². The zero-order valence-corrected chi connectivity index (χ0v) is 8.29. The van der Waals surface area contributed by atoms with Gasteiger partial charge in [0.15, 0.2) is 0 Å². The lowest BCUT2D eigenvalue weighted by molar-refractivity contribution is 0.504. The van der Waals surface area contributed by atoms with Crippen LogP contribution in [0.15, 0.2) is 4.42 Å². The van der Waals surface area contributed by atoms with Crippen molar-refractivity contribution in [3.8, 4) is 0 Å². The van der Waals surface area contributed by atoms with Gasteiger partial charge >= 0.3 is 6.01 Å². The van der Waals surface area contributed by atoms with Crippen LogP contribution in [0.4, 0.5) is 6.01 Å². The van der Waals surface area contributed by atoms with Crippen LogP contribution in [0.2, 0.25) is 0 Å². The van der Waals surface area contributed by atoms with Gasteiger partial charge in [0, 0.05) is 13.6 Å². The Hall–Kier alpha value is -0.770. The summed E-state index contributed by atoms with van der Waals surface area (Å²) in [5, 5.41) is 7.69. The maximum Gasteiger partial charge on any atom is 0.317 e. The minimum absolute atomic E-state index is 0.282. The van der Waals surface area contributed by atoms with Crippen LogP contribution in [0.1, 0.15) is 18.7 Å². The summed E-state index contributed by atoms with van der Waals surface area (Å²) in [4.78, 5) is 1.99. The molecule has 1 aromatic heterocycles. The smallest absolute Gasteiger partial charge is 0.317 e. The van der Waals surface area contributed by atoms with Crippen molar-refractivity contribution in [1.82, 2.24) is 10.2 Å². The minimum atomic E-state index is 0.282. The molecule has 0 radical (unpaired) electrons. The summed E-state index contributed by atoms with van der Waals surface area (Å²) in [6, 6.07) is 0.572. The van der Waals surface area contributed by atoms with Crippen LogP contribution in [0.25, 0.3) is 0 Å². The molecule has 2 rings (SSSR count). The lowest BCUT2D eigenvalue weighted by atomic mass is 10.4. The van der Waals surface area contributed by atoms with E-state index in [-0.39, 0.29) is 5.88 Å². The van der Waals surface area contributed by atoms with E-state index in [1.54, 1.807) is 0 Å². The number of alkyl halides is 1. The Kier molecular flexibility index (Phi) is 2.40. The highest BCUT2D eigenvalue weighted by atomic mass is 35.5. The molecule has 4 nitrogen and oxygen atoms in total. The van der Waals surface area contributed by atoms with E-state index >= 15 is 0 Å². The van der Waals surface area contributed by atoms with Gasteiger partial charge in [0.1, 0.15) is 5.88 Å². The van der Waals surface area contributed by atoms with E-state index < -0.39 is 0 Å². The van der Waals surface area contributed by atoms with Crippen molar-refractivity contribution < 1.29 is 4.42 Å². The Morgan fingerprint density at radius 2 is 2.31 bits per heavy atom. The third-order valence-electron chi connectivity index (χ3n) is 2.13. The van der Waals surface area contributed by atoms with Gasteiger partial charge in [0.25, 0.3) is 0 Å². The number of rotatable bonds is 4. The van der Waals surface area contributed by atoms with Gasteiger partial charge in [-0.15, -0.1) is 16.7 Å².